The van der Waals surface area contributed by atoms with Crippen LogP contribution in [0.1, 0.15) is 6.92 Å². The van der Waals surface area contributed by atoms with Crippen LogP contribution in [0, 0.1) is 0 Å². The van der Waals surface area contributed by atoms with Crippen molar-refractivity contribution in [1.29, 1.82) is 0 Å². The Kier molecular flexibility index (Phi) is 1.70. The van der Waals surface area contributed by atoms with E-state index in [-0.39, 0.29) is 6.10 Å². The highest BCUT2D eigenvalue weighted by atomic mass is 16.3. The van der Waals surface area contributed by atoms with Crippen LogP contribution in [-0.2, 0) is 0 Å². The molecule has 62 valence electrons. The maximum Gasteiger partial charge on any atom is 0.0749 e. The van der Waals surface area contributed by atoms with Crippen LogP contribution in [0.5, 0.6) is 0 Å². The van der Waals surface area contributed by atoms with E-state index in [2.05, 4.69) is 4.99 Å². The van der Waals surface area contributed by atoms with Gasteiger partial charge in [0.1, 0.15) is 0 Å². The highest BCUT2D eigenvalue weighted by molar-refractivity contribution is 5.52. The van der Waals surface area contributed by atoms with Crippen molar-refractivity contribution >= 4 is 5.57 Å². The van der Waals surface area contributed by atoms with Crippen LogP contribution in [0.3, 0.4) is 0 Å². The summed E-state index contributed by atoms with van der Waals surface area (Å²) < 4.78 is 0. The summed E-state index contributed by atoms with van der Waals surface area (Å²) >= 11 is 0. The fourth-order valence-electron chi connectivity index (χ4n) is 1.50. The summed E-state index contributed by atoms with van der Waals surface area (Å²) in [7, 11) is 0. The molecule has 12 heavy (non-hydrogen) atoms. The van der Waals surface area contributed by atoms with Gasteiger partial charge < -0.3 is 5.11 Å². The van der Waals surface area contributed by atoms with Crippen molar-refractivity contribution in [2.75, 3.05) is 6.54 Å². The van der Waals surface area contributed by atoms with Crippen molar-refractivity contribution in [2.24, 2.45) is 4.99 Å². The van der Waals surface area contributed by atoms with Crippen LogP contribution in [0.25, 0.3) is 5.57 Å². The lowest BCUT2D eigenvalue weighted by atomic mass is 10.1. The molecule has 0 fully saturated rings. The average molecular weight is 161 g/mol. The van der Waals surface area contributed by atoms with E-state index in [9.17, 15) is 5.11 Å². The Bertz CT molecular complexity index is 406. The number of benzene rings is 1. The standard InChI is InChI=1S/C10H11NO/c1-7(12)9-6-11-10-5-3-2-4-8(9)10/h2-5,7,12H,6H2,1H3/t7-/m0/s1. The van der Waals surface area contributed by atoms with Gasteiger partial charge >= 0.3 is 0 Å². The van der Waals surface area contributed by atoms with E-state index in [1.54, 1.807) is 6.92 Å². The molecule has 1 aromatic rings. The molecule has 2 heteroatoms. The zero-order chi connectivity index (χ0) is 8.55. The molecule has 0 bridgehead atoms. The molecule has 0 spiro atoms. The third kappa shape index (κ3) is 1.04. The molecule has 0 aromatic heterocycles. The van der Waals surface area contributed by atoms with Gasteiger partial charge in [-0.15, -0.1) is 0 Å². The molecule has 2 nitrogen and oxygen atoms in total. The zero-order valence-corrected chi connectivity index (χ0v) is 6.99. The largest absolute Gasteiger partial charge is 0.389 e. The first-order valence-electron chi connectivity index (χ1n) is 4.09. The molecular formula is C10H11NO. The summed E-state index contributed by atoms with van der Waals surface area (Å²) in [5.41, 5.74) is 1.03. The van der Waals surface area contributed by atoms with E-state index in [1.165, 1.54) is 0 Å². The molecule has 1 aromatic carbocycles. The van der Waals surface area contributed by atoms with Crippen molar-refractivity contribution in [3.05, 3.63) is 34.8 Å². The molecule has 1 heterocycles. The van der Waals surface area contributed by atoms with Crippen LogP contribution in [0.15, 0.2) is 29.3 Å². The topological polar surface area (TPSA) is 32.6 Å². The average Bonchev–Trinajstić information content (AvgIpc) is 2.47. The number of fused-ring (bicyclic) bond motifs is 1. The van der Waals surface area contributed by atoms with Gasteiger partial charge in [-0.1, -0.05) is 18.2 Å². The Balaban J connectivity index is 2.74. The number of para-hydroxylation sites is 1. The summed E-state index contributed by atoms with van der Waals surface area (Å²) in [6, 6.07) is 7.92. The molecule has 0 aliphatic carbocycles. The van der Waals surface area contributed by atoms with Crippen molar-refractivity contribution in [2.45, 2.75) is 13.0 Å². The summed E-state index contributed by atoms with van der Waals surface area (Å²) in [4.78, 5) is 4.30. The molecule has 0 radical (unpaired) electrons. The van der Waals surface area contributed by atoms with Crippen molar-refractivity contribution in [3.63, 3.8) is 0 Å². The SMILES string of the molecule is C[C@H](O)C1=c2ccccc2=NC1. The van der Waals surface area contributed by atoms with Gasteiger partial charge in [-0.2, -0.15) is 0 Å². The highest BCUT2D eigenvalue weighted by Gasteiger charge is 2.09. The van der Waals surface area contributed by atoms with Gasteiger partial charge in [0.15, 0.2) is 0 Å². The Morgan fingerprint density at radius 1 is 1.42 bits per heavy atom. The highest BCUT2D eigenvalue weighted by Crippen LogP contribution is 2.02. The zero-order valence-electron chi connectivity index (χ0n) is 6.99. The Morgan fingerprint density at radius 2 is 2.17 bits per heavy atom. The van der Waals surface area contributed by atoms with Gasteiger partial charge in [-0.3, -0.25) is 4.99 Å². The lowest BCUT2D eigenvalue weighted by Gasteiger charge is -2.02. The first-order valence-corrected chi connectivity index (χ1v) is 4.09. The minimum atomic E-state index is -0.377. The number of aliphatic hydroxyl groups is 1. The van der Waals surface area contributed by atoms with Gasteiger partial charge in [0, 0.05) is 5.22 Å². The quantitative estimate of drug-likeness (QED) is 0.610. The molecule has 0 amide bonds. The smallest absolute Gasteiger partial charge is 0.0749 e. The summed E-state index contributed by atoms with van der Waals surface area (Å²) in [6.07, 6.45) is -0.377. The maximum atomic E-state index is 9.40. The summed E-state index contributed by atoms with van der Waals surface area (Å²) in [5, 5.41) is 11.5. The fraction of sp³-hybridized carbons (Fsp3) is 0.300. The molecule has 1 atom stereocenters. The Hall–Kier alpha value is -1.15. The van der Waals surface area contributed by atoms with E-state index >= 15 is 0 Å². The van der Waals surface area contributed by atoms with Gasteiger partial charge in [0.2, 0.25) is 0 Å². The number of aliphatic hydroxyl groups excluding tert-OH is 1. The van der Waals surface area contributed by atoms with Crippen LogP contribution in [0.4, 0.5) is 0 Å². The monoisotopic (exact) mass is 161 g/mol. The van der Waals surface area contributed by atoms with E-state index < -0.39 is 0 Å². The molecule has 1 aliphatic heterocycles. The molecule has 0 saturated carbocycles. The predicted octanol–water partition coefficient (Wildman–Crippen LogP) is -0.149. The van der Waals surface area contributed by atoms with E-state index in [4.69, 9.17) is 0 Å². The third-order valence-corrected chi connectivity index (χ3v) is 2.17. The first kappa shape index (κ1) is 7.50. The second-order valence-corrected chi connectivity index (χ2v) is 3.03. The number of hydrogen-bond donors (Lipinski definition) is 1. The molecule has 2 rings (SSSR count). The predicted molar refractivity (Wildman–Crippen MR) is 47.2 cm³/mol. The number of nitrogens with zero attached hydrogens (tertiary/aromatic N) is 1. The number of rotatable bonds is 1. The van der Waals surface area contributed by atoms with Gasteiger partial charge in [0.05, 0.1) is 18.0 Å². The van der Waals surface area contributed by atoms with E-state index in [0.29, 0.717) is 6.54 Å². The normalized spacial score (nSPS) is 17.0. The number of hydrogen-bond acceptors (Lipinski definition) is 2. The molecular weight excluding hydrogens is 150 g/mol. The van der Waals surface area contributed by atoms with Gasteiger partial charge in [-0.05, 0) is 18.6 Å². The maximum absolute atomic E-state index is 9.40. The van der Waals surface area contributed by atoms with Crippen molar-refractivity contribution < 1.29 is 5.11 Å². The first-order chi connectivity index (χ1) is 5.79. The van der Waals surface area contributed by atoms with E-state index in [0.717, 1.165) is 16.1 Å². The Morgan fingerprint density at radius 3 is 2.92 bits per heavy atom. The van der Waals surface area contributed by atoms with E-state index in [1.807, 2.05) is 24.3 Å². The lowest BCUT2D eigenvalue weighted by Crippen LogP contribution is -2.25. The molecule has 1 aliphatic rings. The summed E-state index contributed by atoms with van der Waals surface area (Å²) in [6.45, 7) is 2.43. The minimum absolute atomic E-state index is 0.377. The fourth-order valence-corrected chi connectivity index (χ4v) is 1.50. The second-order valence-electron chi connectivity index (χ2n) is 3.03. The van der Waals surface area contributed by atoms with Crippen LogP contribution >= 0.6 is 0 Å². The summed E-state index contributed by atoms with van der Waals surface area (Å²) in [5.74, 6) is 0. The molecule has 0 unspecified atom stereocenters. The van der Waals surface area contributed by atoms with Crippen LogP contribution in [-0.4, -0.2) is 17.8 Å². The Labute approximate surface area is 70.9 Å². The van der Waals surface area contributed by atoms with Crippen molar-refractivity contribution in [3.8, 4) is 0 Å². The van der Waals surface area contributed by atoms with Crippen molar-refractivity contribution in [1.82, 2.24) is 0 Å². The minimum Gasteiger partial charge on any atom is -0.389 e. The van der Waals surface area contributed by atoms with Gasteiger partial charge in [0.25, 0.3) is 0 Å². The van der Waals surface area contributed by atoms with Crippen LogP contribution in [0.2, 0.25) is 0 Å². The second kappa shape index (κ2) is 2.72. The van der Waals surface area contributed by atoms with Crippen LogP contribution < -0.4 is 10.6 Å². The lowest BCUT2D eigenvalue weighted by molar-refractivity contribution is 0.250. The molecule has 0 saturated heterocycles. The van der Waals surface area contributed by atoms with Gasteiger partial charge in [-0.25, -0.2) is 0 Å². The third-order valence-electron chi connectivity index (χ3n) is 2.17. The molecule has 1 N–H and O–H groups in total.